The van der Waals surface area contributed by atoms with Crippen LogP contribution in [0, 0.1) is 5.82 Å². The van der Waals surface area contributed by atoms with E-state index >= 15 is 0 Å². The minimum atomic E-state index is -2.06. The summed E-state index contributed by atoms with van der Waals surface area (Å²) in [6, 6.07) is 2.64. The Kier molecular flexibility index (Phi) is 18.7. The number of esters is 1. The fourth-order valence-corrected chi connectivity index (χ4v) is 17.5. The van der Waals surface area contributed by atoms with Gasteiger partial charge in [-0.2, -0.15) is 0 Å². The Bertz CT molecular complexity index is 1270. The van der Waals surface area contributed by atoms with Crippen LogP contribution in [0.4, 0.5) is 10.1 Å². The van der Waals surface area contributed by atoms with Crippen LogP contribution in [0.1, 0.15) is 72.1 Å². The number of benzene rings is 1. The topological polar surface area (TPSA) is 82.7 Å². The number of carbonyl (C=O) groups is 1. The molecule has 3 rings (SSSR count). The molecule has 0 fully saturated rings. The van der Waals surface area contributed by atoms with Crippen LogP contribution in [0.2, 0.25) is 5.02 Å². The molecule has 1 aliphatic rings. The van der Waals surface area contributed by atoms with Gasteiger partial charge in [0.05, 0.1) is 17.9 Å². The van der Waals surface area contributed by atoms with Crippen LogP contribution >= 0.6 is 73.6 Å². The highest BCUT2D eigenvalue weighted by atomic mass is 35.5. The molecule has 42 heavy (non-hydrogen) atoms. The second-order valence-electron chi connectivity index (χ2n) is 9.32. The molecule has 0 atom stereocenters. The van der Waals surface area contributed by atoms with Gasteiger partial charge in [-0.3, -0.25) is 18.8 Å². The monoisotopic (exact) mass is 717 g/mol. The van der Waals surface area contributed by atoms with Crippen molar-refractivity contribution in [2.24, 2.45) is 4.99 Å². The smallest absolute Gasteiger partial charge is 0.325 e. The maximum atomic E-state index is 14.3. The van der Waals surface area contributed by atoms with Gasteiger partial charge in [0, 0.05) is 35.2 Å². The lowest BCUT2D eigenvalue weighted by molar-refractivity contribution is -0.137. The van der Waals surface area contributed by atoms with Gasteiger partial charge in [0.2, 0.25) is 9.55 Å². The molecule has 0 spiro atoms. The Morgan fingerprint density at radius 3 is 2.10 bits per heavy atom. The number of aromatic nitrogens is 2. The van der Waals surface area contributed by atoms with Crippen LogP contribution in [-0.2, 0) is 27.2 Å². The molecule has 0 aliphatic carbocycles. The molecule has 2 aromatic rings. The van der Waals surface area contributed by atoms with Crippen molar-refractivity contribution in [3.8, 4) is 0 Å². The summed E-state index contributed by atoms with van der Waals surface area (Å²) in [5.41, 5.74) is 0.0829. The number of carbonyl (C=O) groups excluding carboxylic acids is 1. The summed E-state index contributed by atoms with van der Waals surface area (Å²) in [7, 11) is 1.30. The van der Waals surface area contributed by atoms with Gasteiger partial charge >= 0.3 is 10.8 Å². The SMILES string of the molecule is CCCCSP(=O)(SCCCC)SCCCC.COC(=O)CSc1cc(/N=c2\sc(=O)n3n2CCCC3)c(F)cc1Cl. The van der Waals surface area contributed by atoms with Crippen LogP contribution in [0.3, 0.4) is 0 Å². The van der Waals surface area contributed by atoms with E-state index in [9.17, 15) is 18.5 Å². The summed E-state index contributed by atoms with van der Waals surface area (Å²) in [6.07, 6.45) is 9.07. The quantitative estimate of drug-likeness (QED) is 0.0735. The number of nitrogens with zero attached hydrogens (tertiary/aromatic N) is 3. The predicted octanol–water partition coefficient (Wildman–Crippen LogP) is 9.49. The van der Waals surface area contributed by atoms with Gasteiger partial charge < -0.3 is 4.74 Å². The van der Waals surface area contributed by atoms with Crippen molar-refractivity contribution in [3.63, 3.8) is 0 Å². The van der Waals surface area contributed by atoms with Gasteiger partial charge in [0.15, 0.2) is 0 Å². The number of rotatable bonds is 16. The third-order valence-corrected chi connectivity index (χ3v) is 20.8. The number of unbranched alkanes of at least 4 members (excludes halogenated alkanes) is 3. The van der Waals surface area contributed by atoms with Gasteiger partial charge in [0.1, 0.15) is 11.5 Å². The van der Waals surface area contributed by atoms with Gasteiger partial charge in [0.25, 0.3) is 0 Å². The molecule has 1 aliphatic heterocycles. The van der Waals surface area contributed by atoms with Crippen LogP contribution in [0.25, 0.3) is 0 Å². The summed E-state index contributed by atoms with van der Waals surface area (Å²) in [4.78, 5) is 28.5. The molecule has 7 nitrogen and oxygen atoms in total. The standard InChI is InChI=1S/C15H15ClFN3O3S2.C12H27OPS3/c1-23-13(21)8-24-12-7-11(10(17)6-9(12)16)18-14-19-4-2-3-5-20(19)15(22)25-14;1-4-7-10-15-14(13,16-11-8-5-2)17-12-9-6-3/h6-7H,2-5,8H2,1H3;4-12H2,1-3H3/b18-14-;. The predicted molar refractivity (Wildman–Crippen MR) is 185 cm³/mol. The van der Waals surface area contributed by atoms with E-state index in [2.05, 4.69) is 30.5 Å². The van der Waals surface area contributed by atoms with Crippen molar-refractivity contribution >= 4 is 85.2 Å². The highest BCUT2D eigenvalue weighted by Crippen LogP contribution is 2.78. The fourth-order valence-electron chi connectivity index (χ4n) is 3.50. The average Bonchev–Trinajstić information content (AvgIpc) is 3.29. The molecule has 0 saturated heterocycles. The summed E-state index contributed by atoms with van der Waals surface area (Å²) in [5, 5.41) is 0.199. The Morgan fingerprint density at radius 2 is 1.57 bits per heavy atom. The zero-order valence-corrected chi connectivity index (χ0v) is 30.5. The zero-order valence-electron chi connectivity index (χ0n) is 24.8. The summed E-state index contributed by atoms with van der Waals surface area (Å²) in [5.74, 6) is 2.26. The van der Waals surface area contributed by atoms with Crippen LogP contribution in [0.15, 0.2) is 26.8 Å². The molecule has 0 bridgehead atoms. The van der Waals surface area contributed by atoms with Gasteiger partial charge in [-0.05, 0) is 55.6 Å². The number of fused-ring (bicyclic) bond motifs is 1. The lowest BCUT2D eigenvalue weighted by atomic mass is 10.3. The molecule has 0 unspecified atom stereocenters. The average molecular weight is 718 g/mol. The van der Waals surface area contributed by atoms with Crippen molar-refractivity contribution in [1.29, 1.82) is 0 Å². The van der Waals surface area contributed by atoms with Crippen molar-refractivity contribution < 1.29 is 18.5 Å². The fraction of sp³-hybridized carbons (Fsp3) is 0.667. The molecule has 1 aromatic carbocycles. The van der Waals surface area contributed by atoms with Crippen LogP contribution < -0.4 is 9.67 Å². The van der Waals surface area contributed by atoms with E-state index in [1.54, 1.807) is 43.5 Å². The van der Waals surface area contributed by atoms with Crippen molar-refractivity contribution in [1.82, 2.24) is 9.36 Å². The van der Waals surface area contributed by atoms with E-state index in [4.69, 9.17) is 11.6 Å². The third-order valence-electron chi connectivity index (χ3n) is 5.92. The first-order chi connectivity index (χ1) is 20.2. The number of methoxy groups -OCH3 is 1. The first-order valence-corrected chi connectivity index (χ1v) is 22.9. The molecule has 238 valence electrons. The molecule has 0 saturated carbocycles. The van der Waals surface area contributed by atoms with E-state index in [0.717, 1.165) is 59.3 Å². The van der Waals surface area contributed by atoms with E-state index in [0.29, 0.717) is 22.8 Å². The Morgan fingerprint density at radius 1 is 1.02 bits per heavy atom. The molecule has 2 heterocycles. The third kappa shape index (κ3) is 13.0. The lowest BCUT2D eigenvalue weighted by Gasteiger charge is -2.15. The van der Waals surface area contributed by atoms with Crippen LogP contribution in [0.5, 0.6) is 0 Å². The number of ether oxygens (including phenoxy) is 1. The van der Waals surface area contributed by atoms with E-state index in [1.165, 1.54) is 51.7 Å². The molecular formula is C27H42ClFN3O4PS5. The highest BCUT2D eigenvalue weighted by molar-refractivity contribution is 9.14. The van der Waals surface area contributed by atoms with Crippen LogP contribution in [-0.4, -0.2) is 45.5 Å². The number of hydrogen-bond donors (Lipinski definition) is 0. The second-order valence-corrected chi connectivity index (χ2v) is 23.6. The molecule has 15 heteroatoms. The van der Waals surface area contributed by atoms with Crippen molar-refractivity contribution in [2.75, 3.05) is 30.1 Å². The molecule has 1 aromatic heterocycles. The maximum Gasteiger partial charge on any atom is 0.325 e. The molecule has 0 radical (unpaired) electrons. The van der Waals surface area contributed by atoms with E-state index in [-0.39, 0.29) is 21.3 Å². The highest BCUT2D eigenvalue weighted by Gasteiger charge is 2.23. The van der Waals surface area contributed by atoms with Gasteiger partial charge in [-0.1, -0.05) is 85.8 Å². The normalized spacial score (nSPS) is 13.4. The Balaban J connectivity index is 0.000000319. The number of thioether (sulfide) groups is 1. The first kappa shape index (κ1) is 37.9. The molecule has 0 N–H and O–H groups in total. The van der Waals surface area contributed by atoms with E-state index < -0.39 is 16.5 Å². The van der Waals surface area contributed by atoms with Gasteiger partial charge in [-0.25, -0.2) is 14.1 Å². The zero-order chi connectivity index (χ0) is 31.0. The molecular weight excluding hydrogens is 676 g/mol. The largest absolute Gasteiger partial charge is 0.468 e. The van der Waals surface area contributed by atoms with Crippen molar-refractivity contribution in [2.45, 2.75) is 90.1 Å². The van der Waals surface area contributed by atoms with E-state index in [1.807, 2.05) is 0 Å². The Hall–Kier alpha value is -0.300. The summed E-state index contributed by atoms with van der Waals surface area (Å²) >= 11 is 13.4. The minimum Gasteiger partial charge on any atom is -0.468 e. The number of hydrogen-bond acceptors (Lipinski definition) is 10. The summed E-state index contributed by atoms with van der Waals surface area (Å²) < 4.78 is 32.9. The lowest BCUT2D eigenvalue weighted by Crippen LogP contribution is -2.31. The summed E-state index contributed by atoms with van der Waals surface area (Å²) in [6.45, 7) is 7.91. The van der Waals surface area contributed by atoms with Crippen molar-refractivity contribution in [3.05, 3.63) is 37.4 Å². The molecule has 0 amide bonds. The second kappa shape index (κ2) is 20.7. The van der Waals surface area contributed by atoms with Gasteiger partial charge in [-0.15, -0.1) is 11.8 Å². The minimum absolute atomic E-state index is 0.0605. The Labute approximate surface area is 274 Å². The first-order valence-electron chi connectivity index (χ1n) is 14.3. The maximum absolute atomic E-state index is 14.3. The number of halogens is 2.